The number of carbonyl (C=O) groups is 1. The fourth-order valence-corrected chi connectivity index (χ4v) is 3.42. The normalized spacial score (nSPS) is 10.6. The van der Waals surface area contributed by atoms with Crippen molar-refractivity contribution in [2.45, 2.75) is 19.9 Å². The van der Waals surface area contributed by atoms with Crippen LogP contribution in [0.1, 0.15) is 41.4 Å². The molecule has 1 amide bonds. The van der Waals surface area contributed by atoms with Gasteiger partial charge in [-0.1, -0.05) is 60.7 Å². The summed E-state index contributed by atoms with van der Waals surface area (Å²) in [6.07, 6.45) is 0. The van der Waals surface area contributed by atoms with E-state index in [1.165, 1.54) is 0 Å². The van der Waals surface area contributed by atoms with Gasteiger partial charge in [0.2, 0.25) is 0 Å². The highest BCUT2D eigenvalue weighted by atomic mass is 16.5. The Morgan fingerprint density at radius 2 is 1.31 bits per heavy atom. The molecule has 4 nitrogen and oxygen atoms in total. The van der Waals surface area contributed by atoms with E-state index in [0.717, 1.165) is 11.1 Å². The standard InChI is InChI=1S/C25H27NO3/c1-4-28-22-17-16-21(18-23(22)29-5-2)25(27)26(3)24(19-12-8-6-9-13-19)20-14-10-7-11-15-20/h6-18,24H,4-5H2,1-3H3. The first-order valence-electron chi connectivity index (χ1n) is 9.92. The van der Waals surface area contributed by atoms with E-state index in [1.807, 2.05) is 81.6 Å². The number of hydrogen-bond donors (Lipinski definition) is 0. The molecule has 3 rings (SSSR count). The molecular weight excluding hydrogens is 362 g/mol. The monoisotopic (exact) mass is 389 g/mol. The molecule has 0 spiro atoms. The highest BCUT2D eigenvalue weighted by Gasteiger charge is 2.25. The van der Waals surface area contributed by atoms with Gasteiger partial charge < -0.3 is 14.4 Å². The molecule has 0 saturated carbocycles. The van der Waals surface area contributed by atoms with Crippen molar-refractivity contribution in [3.8, 4) is 11.5 Å². The largest absolute Gasteiger partial charge is 0.490 e. The summed E-state index contributed by atoms with van der Waals surface area (Å²) >= 11 is 0. The van der Waals surface area contributed by atoms with E-state index in [-0.39, 0.29) is 11.9 Å². The van der Waals surface area contributed by atoms with Gasteiger partial charge in [0.05, 0.1) is 19.3 Å². The molecule has 4 heteroatoms. The molecule has 0 radical (unpaired) electrons. The molecule has 0 aliphatic rings. The summed E-state index contributed by atoms with van der Waals surface area (Å²) in [7, 11) is 1.84. The average Bonchev–Trinajstić information content (AvgIpc) is 2.76. The lowest BCUT2D eigenvalue weighted by Crippen LogP contribution is -2.32. The highest BCUT2D eigenvalue weighted by Crippen LogP contribution is 2.32. The minimum atomic E-state index is -0.188. The molecule has 150 valence electrons. The Morgan fingerprint density at radius 3 is 1.83 bits per heavy atom. The van der Waals surface area contributed by atoms with Crippen molar-refractivity contribution in [1.29, 1.82) is 0 Å². The van der Waals surface area contributed by atoms with Crippen LogP contribution in [-0.4, -0.2) is 31.1 Å². The zero-order chi connectivity index (χ0) is 20.6. The second-order valence-electron chi connectivity index (χ2n) is 6.67. The van der Waals surface area contributed by atoms with Crippen LogP contribution < -0.4 is 9.47 Å². The SMILES string of the molecule is CCOc1ccc(C(=O)N(C)C(c2ccccc2)c2ccccc2)cc1OCC. The van der Waals surface area contributed by atoms with Gasteiger partial charge in [-0.25, -0.2) is 0 Å². The second-order valence-corrected chi connectivity index (χ2v) is 6.67. The lowest BCUT2D eigenvalue weighted by molar-refractivity contribution is 0.0754. The third-order valence-electron chi connectivity index (χ3n) is 4.73. The number of benzene rings is 3. The van der Waals surface area contributed by atoms with Gasteiger partial charge >= 0.3 is 0 Å². The minimum Gasteiger partial charge on any atom is -0.490 e. The van der Waals surface area contributed by atoms with Gasteiger partial charge in [0.1, 0.15) is 0 Å². The zero-order valence-corrected chi connectivity index (χ0v) is 17.2. The Bertz CT molecular complexity index is 886. The molecule has 0 aliphatic heterocycles. The lowest BCUT2D eigenvalue weighted by atomic mass is 9.97. The topological polar surface area (TPSA) is 38.8 Å². The van der Waals surface area contributed by atoms with Gasteiger partial charge in [-0.15, -0.1) is 0 Å². The van der Waals surface area contributed by atoms with Gasteiger partial charge in [0.25, 0.3) is 5.91 Å². The molecule has 0 N–H and O–H groups in total. The van der Waals surface area contributed by atoms with Crippen molar-refractivity contribution < 1.29 is 14.3 Å². The minimum absolute atomic E-state index is 0.0771. The van der Waals surface area contributed by atoms with E-state index in [1.54, 1.807) is 23.1 Å². The van der Waals surface area contributed by atoms with Crippen molar-refractivity contribution in [2.75, 3.05) is 20.3 Å². The van der Waals surface area contributed by atoms with Gasteiger partial charge in [-0.05, 0) is 43.2 Å². The summed E-state index contributed by atoms with van der Waals surface area (Å²) in [6, 6.07) is 25.3. The maximum absolute atomic E-state index is 13.4. The Balaban J connectivity index is 1.97. The van der Waals surface area contributed by atoms with Crippen LogP contribution in [0.4, 0.5) is 0 Å². The van der Waals surface area contributed by atoms with Crippen LogP contribution in [0.5, 0.6) is 11.5 Å². The maximum Gasteiger partial charge on any atom is 0.254 e. The summed E-state index contributed by atoms with van der Waals surface area (Å²) in [6.45, 7) is 4.88. The van der Waals surface area contributed by atoms with Crippen molar-refractivity contribution in [2.24, 2.45) is 0 Å². The van der Waals surface area contributed by atoms with Crippen molar-refractivity contribution >= 4 is 5.91 Å². The fraction of sp³-hybridized carbons (Fsp3) is 0.240. The summed E-state index contributed by atoms with van der Waals surface area (Å²) in [4.78, 5) is 15.2. The first-order chi connectivity index (χ1) is 14.2. The zero-order valence-electron chi connectivity index (χ0n) is 17.2. The van der Waals surface area contributed by atoms with E-state index < -0.39 is 0 Å². The Morgan fingerprint density at radius 1 is 0.793 bits per heavy atom. The molecule has 0 aromatic heterocycles. The van der Waals surface area contributed by atoms with Gasteiger partial charge in [-0.2, -0.15) is 0 Å². The molecule has 0 bridgehead atoms. The molecular formula is C25H27NO3. The van der Waals surface area contributed by atoms with Crippen molar-refractivity contribution in [3.05, 3.63) is 95.6 Å². The summed E-state index contributed by atoms with van der Waals surface area (Å²) < 4.78 is 11.3. The smallest absolute Gasteiger partial charge is 0.254 e. The summed E-state index contributed by atoms with van der Waals surface area (Å²) in [5.74, 6) is 1.16. The lowest BCUT2D eigenvalue weighted by Gasteiger charge is -2.29. The van der Waals surface area contributed by atoms with Gasteiger partial charge in [-0.3, -0.25) is 4.79 Å². The van der Waals surface area contributed by atoms with E-state index >= 15 is 0 Å². The number of rotatable bonds is 8. The average molecular weight is 389 g/mol. The molecule has 0 saturated heterocycles. The Kier molecular flexibility index (Phi) is 6.90. The molecule has 0 unspecified atom stereocenters. The number of hydrogen-bond acceptors (Lipinski definition) is 3. The van der Waals surface area contributed by atoms with Crippen LogP contribution in [-0.2, 0) is 0 Å². The van der Waals surface area contributed by atoms with Crippen LogP contribution in [0.3, 0.4) is 0 Å². The first-order valence-corrected chi connectivity index (χ1v) is 9.92. The summed E-state index contributed by atoms with van der Waals surface area (Å²) in [5, 5.41) is 0. The maximum atomic E-state index is 13.4. The predicted octanol–water partition coefficient (Wildman–Crippen LogP) is 5.35. The second kappa shape index (κ2) is 9.78. The van der Waals surface area contributed by atoms with Crippen LogP contribution in [0.15, 0.2) is 78.9 Å². The van der Waals surface area contributed by atoms with Crippen LogP contribution >= 0.6 is 0 Å². The number of carbonyl (C=O) groups excluding carboxylic acids is 1. The summed E-state index contributed by atoms with van der Waals surface area (Å²) in [5.41, 5.74) is 2.69. The highest BCUT2D eigenvalue weighted by molar-refractivity contribution is 5.95. The molecule has 0 aliphatic carbocycles. The van der Waals surface area contributed by atoms with Crippen molar-refractivity contribution in [1.82, 2.24) is 4.90 Å². The number of ether oxygens (including phenoxy) is 2. The van der Waals surface area contributed by atoms with E-state index in [9.17, 15) is 4.79 Å². The third kappa shape index (κ3) is 4.77. The quantitative estimate of drug-likeness (QED) is 0.522. The Hall–Kier alpha value is -3.27. The van der Waals surface area contributed by atoms with E-state index in [2.05, 4.69) is 0 Å². The number of amides is 1. The molecule has 0 atom stereocenters. The molecule has 29 heavy (non-hydrogen) atoms. The number of nitrogens with zero attached hydrogens (tertiary/aromatic N) is 1. The molecule has 0 fully saturated rings. The molecule has 3 aromatic rings. The van der Waals surface area contributed by atoms with Crippen LogP contribution in [0.2, 0.25) is 0 Å². The molecule has 3 aromatic carbocycles. The third-order valence-corrected chi connectivity index (χ3v) is 4.73. The Labute approximate surface area is 172 Å². The predicted molar refractivity (Wildman–Crippen MR) is 116 cm³/mol. The van der Waals surface area contributed by atoms with E-state index in [0.29, 0.717) is 30.3 Å². The van der Waals surface area contributed by atoms with Crippen LogP contribution in [0, 0.1) is 0 Å². The van der Waals surface area contributed by atoms with E-state index in [4.69, 9.17) is 9.47 Å². The van der Waals surface area contributed by atoms with Gasteiger partial charge in [0, 0.05) is 12.6 Å². The van der Waals surface area contributed by atoms with Crippen molar-refractivity contribution in [3.63, 3.8) is 0 Å². The first kappa shape index (κ1) is 20.5. The fourth-order valence-electron chi connectivity index (χ4n) is 3.42. The molecule has 0 heterocycles. The van der Waals surface area contributed by atoms with Gasteiger partial charge in [0.15, 0.2) is 11.5 Å². The van der Waals surface area contributed by atoms with Crippen LogP contribution in [0.25, 0.3) is 0 Å².